The van der Waals surface area contributed by atoms with Crippen LogP contribution in [0, 0.1) is 47.3 Å². The summed E-state index contributed by atoms with van der Waals surface area (Å²) in [5.74, 6) is -10.4. The SMILES string of the molecule is CN1C(=O)[C@@H](CO)NC(=O)[C@@H]2CC[C@@H](C2)N(C)C(=O)[C@@H](Cc2ccccc2)NC(=O)[C@@H]2CC[C@@H](C2)N(C)C(=O)[C@@H](CO)NC(=O)[C@@H]2CC[C@@H](C2)N(C)C(=O)[C@@H](Cc2ccccc2)NC(=O)[C@@H]2CC[C@H]1C2.CN1C(=O)[C@H](Cc2ccccc2)NC(=O)[C@@H]2CC[C@@H](C2)N(C)C(=O)[C@@H](CO)NC(=O)[C@@H]2CC[C@@H](C2)N(C)C(=O)[C@@H](Cc2ccccc2)NC(=O)[C@@H]2CC[C@@H](C2)N(C)C(=O)[C@@H](CO)NC(=O)[C@@H]2CC[C@H]1C2. The number of carbonyl (C=O) groups is 16. The zero-order valence-corrected chi connectivity index (χ0v) is 81.9. The Hall–Kier alpha value is -11.8. The van der Waals surface area contributed by atoms with Crippen LogP contribution in [0.2, 0.25) is 0 Å². The number of hydrogen-bond acceptors (Lipinski definition) is 20. The molecule has 16 amide bonds. The maximum atomic E-state index is 14.3. The number of nitrogens with zero attached hydrogens (tertiary/aromatic N) is 8. The van der Waals surface area contributed by atoms with Crippen molar-refractivity contribution >= 4 is 94.5 Å². The van der Waals surface area contributed by atoms with E-state index in [1.165, 1.54) is 19.6 Å². The van der Waals surface area contributed by atoms with Gasteiger partial charge in [-0.2, -0.15) is 0 Å². The van der Waals surface area contributed by atoms with Crippen molar-refractivity contribution < 1.29 is 97.1 Å². The molecule has 4 aromatic carbocycles. The molecule has 4 aromatic rings. The summed E-state index contributed by atoms with van der Waals surface area (Å²) in [4.78, 5) is 236. The molecule has 0 unspecified atom stereocenters. The van der Waals surface area contributed by atoms with E-state index < -0.39 is 169 Å². The van der Waals surface area contributed by atoms with E-state index in [4.69, 9.17) is 0 Å². The van der Waals surface area contributed by atoms with Crippen LogP contribution in [0.1, 0.15) is 176 Å². The third kappa shape index (κ3) is 25.9. The minimum atomic E-state index is -1.22. The van der Waals surface area contributed by atoms with Gasteiger partial charge in [-0.25, -0.2) is 0 Å². The average Bonchev–Trinajstić information content (AvgIpc) is 1.18. The monoisotopic (exact) mass is 1940 g/mol. The molecule has 140 heavy (non-hydrogen) atoms. The van der Waals surface area contributed by atoms with Crippen LogP contribution < -0.4 is 42.5 Å². The van der Waals surface area contributed by atoms with E-state index in [1.54, 1.807) is 76.0 Å². The van der Waals surface area contributed by atoms with Crippen LogP contribution in [0.15, 0.2) is 121 Å². The maximum Gasteiger partial charge on any atom is 0.247 e. The zero-order valence-electron chi connectivity index (χ0n) is 81.9. The van der Waals surface area contributed by atoms with Gasteiger partial charge in [-0.05, 0) is 176 Å². The molecule has 10 fully saturated rings. The number of nitrogens with one attached hydrogen (secondary N) is 8. The summed E-state index contributed by atoms with van der Waals surface area (Å²) in [7, 11) is 13.1. The molecule has 36 heteroatoms. The Morgan fingerprint density at radius 2 is 0.314 bits per heavy atom. The van der Waals surface area contributed by atoms with Gasteiger partial charge in [-0.1, -0.05) is 121 Å². The van der Waals surface area contributed by atoms with Crippen LogP contribution in [0.3, 0.4) is 0 Å². The predicted molar refractivity (Wildman–Crippen MR) is 516 cm³/mol. The Morgan fingerprint density at radius 3 is 0.443 bits per heavy atom. The number of aliphatic hydroxyl groups is 4. The van der Waals surface area contributed by atoms with E-state index in [-0.39, 0.29) is 121 Å². The molecular weight excluding hydrogens is 1790 g/mol. The van der Waals surface area contributed by atoms with Gasteiger partial charge >= 0.3 is 0 Å². The number of benzene rings is 4. The summed E-state index contributed by atoms with van der Waals surface area (Å²) in [6, 6.07) is 26.0. The van der Waals surface area contributed by atoms with E-state index in [2.05, 4.69) is 42.5 Å². The highest BCUT2D eigenvalue weighted by Gasteiger charge is 2.49. The van der Waals surface area contributed by atoms with Crippen molar-refractivity contribution in [2.75, 3.05) is 82.8 Å². The molecule has 0 radical (unpaired) electrons. The molecule has 16 bridgehead atoms. The van der Waals surface area contributed by atoms with E-state index >= 15 is 0 Å². The first kappa shape index (κ1) is 106. The van der Waals surface area contributed by atoms with Crippen LogP contribution in [0.5, 0.6) is 0 Å². The third-order valence-corrected chi connectivity index (χ3v) is 32.1. The molecule has 2 heterocycles. The highest BCUT2D eigenvalue weighted by molar-refractivity contribution is 5.96. The second-order valence-electron chi connectivity index (χ2n) is 40.9. The first-order chi connectivity index (χ1) is 67.1. The highest BCUT2D eigenvalue weighted by atomic mass is 16.3. The van der Waals surface area contributed by atoms with Crippen molar-refractivity contribution in [2.24, 2.45) is 47.3 Å². The summed E-state index contributed by atoms with van der Waals surface area (Å²) in [5, 5.41) is 64.7. The lowest BCUT2D eigenvalue weighted by Crippen LogP contribution is -2.54. The number of likely N-dealkylation sites (N-methyl/N-ethyl adjacent to an activating group) is 8. The lowest BCUT2D eigenvalue weighted by Gasteiger charge is -2.31. The van der Waals surface area contributed by atoms with Gasteiger partial charge in [0.2, 0.25) is 94.5 Å². The number of hydrogen-bond donors (Lipinski definition) is 12. The Labute approximate surface area is 819 Å². The van der Waals surface area contributed by atoms with Gasteiger partial charge in [0.05, 0.1) is 26.4 Å². The molecule has 760 valence electrons. The Morgan fingerprint density at radius 1 is 0.193 bits per heavy atom. The molecule has 14 rings (SSSR count). The average molecular weight is 1940 g/mol. The number of amides is 16. The van der Waals surface area contributed by atoms with Gasteiger partial charge < -0.3 is 102 Å². The van der Waals surface area contributed by atoms with Gasteiger partial charge in [-0.15, -0.1) is 0 Å². The van der Waals surface area contributed by atoms with Crippen molar-refractivity contribution in [2.45, 2.75) is 276 Å². The van der Waals surface area contributed by atoms with Crippen LogP contribution in [-0.4, -0.2) is 334 Å². The van der Waals surface area contributed by atoms with Crippen molar-refractivity contribution in [3.8, 4) is 0 Å². The van der Waals surface area contributed by atoms with E-state index in [0.717, 1.165) is 22.3 Å². The van der Waals surface area contributed by atoms with E-state index in [0.29, 0.717) is 154 Å². The fraction of sp³-hybridized carbons (Fsp3) is 0.615. The molecule has 8 saturated carbocycles. The van der Waals surface area contributed by atoms with Crippen LogP contribution in [0.25, 0.3) is 0 Å². The second-order valence-corrected chi connectivity index (χ2v) is 40.9. The molecule has 0 aromatic heterocycles. The molecule has 12 N–H and O–H groups in total. The molecule has 36 nitrogen and oxygen atoms in total. The fourth-order valence-electron chi connectivity index (χ4n) is 23.0. The summed E-state index contributed by atoms with van der Waals surface area (Å²) in [6.45, 7) is -2.55. The molecule has 2 aliphatic heterocycles. The number of fused-ring (bicyclic) bond motifs is 16. The molecule has 2 saturated heterocycles. The maximum absolute atomic E-state index is 14.3. The van der Waals surface area contributed by atoms with E-state index in [9.17, 15) is 97.1 Å². The van der Waals surface area contributed by atoms with Gasteiger partial charge in [0, 0.05) is 178 Å². The minimum Gasteiger partial charge on any atom is -0.394 e. The first-order valence-corrected chi connectivity index (χ1v) is 50.3. The Balaban J connectivity index is 0.000000236. The molecule has 0 spiro atoms. The van der Waals surface area contributed by atoms with Crippen molar-refractivity contribution in [1.82, 2.24) is 81.7 Å². The topological polar surface area (TPSA) is 476 Å². The molecule has 24 atom stereocenters. The zero-order chi connectivity index (χ0) is 100. The summed E-state index contributed by atoms with van der Waals surface area (Å²) in [5.41, 5.74) is 3.37. The van der Waals surface area contributed by atoms with Crippen LogP contribution >= 0.6 is 0 Å². The number of rotatable bonds is 12. The highest BCUT2D eigenvalue weighted by Crippen LogP contribution is 2.39. The van der Waals surface area contributed by atoms with Crippen molar-refractivity contribution in [3.63, 3.8) is 0 Å². The quantitative estimate of drug-likeness (QED) is 0.0962. The predicted octanol–water partition coefficient (Wildman–Crippen LogP) is 1.84. The third-order valence-electron chi connectivity index (χ3n) is 32.1. The first-order valence-electron chi connectivity index (χ1n) is 50.3. The van der Waals surface area contributed by atoms with E-state index in [1.807, 2.05) is 121 Å². The van der Waals surface area contributed by atoms with Crippen LogP contribution in [0.4, 0.5) is 0 Å². The second kappa shape index (κ2) is 48.6. The summed E-state index contributed by atoms with van der Waals surface area (Å²) < 4.78 is 0. The smallest absolute Gasteiger partial charge is 0.247 e. The van der Waals surface area contributed by atoms with Gasteiger partial charge in [0.15, 0.2) is 0 Å². The molecule has 10 aliphatic rings. The van der Waals surface area contributed by atoms with Gasteiger partial charge in [0.1, 0.15) is 48.3 Å². The number of aliphatic hydroxyl groups excluding tert-OH is 4. The van der Waals surface area contributed by atoms with Gasteiger partial charge in [-0.3, -0.25) is 76.7 Å². The Kier molecular flexibility index (Phi) is 36.7. The lowest BCUT2D eigenvalue weighted by molar-refractivity contribution is -0.140. The summed E-state index contributed by atoms with van der Waals surface area (Å²) >= 11 is 0. The molecular formula is C104H144N16O20. The standard InChI is InChI=1S/2C52H72N8O10/c2*1-57-37-19-17-35(27-37)47(65)55-43(29-61)51(69)60(4)40-22-16-34(26-40)46(64)54-42(24-32-13-9-6-10-14-32)50(68)58(2)38-20-18-36(28-38)48(66)56-44(30-62)52(70)59(3)39-21-15-33(25-39)45(63)53-41(49(57)67)23-31-11-7-5-8-12-31/h2*5-14,33-44,61-62H,15-30H2,1-4H3,(H,53,63)(H,54,64)(H,55,65)(H,56,66)/t33-,34-,35-,36-,37+,38+,39+,40+,41-,42+,43-,44-;33-,34-,35-,36-,37+,38+,39+,40+,41-,42-,43-,44-/m11/s1. The molecule has 8 aliphatic carbocycles. The summed E-state index contributed by atoms with van der Waals surface area (Å²) in [6.07, 6.45) is 10.9. The normalized spacial score (nSPS) is 32.5. The van der Waals surface area contributed by atoms with Gasteiger partial charge in [0.25, 0.3) is 0 Å². The largest absolute Gasteiger partial charge is 0.394 e. The van der Waals surface area contributed by atoms with Crippen LogP contribution in [-0.2, 0) is 102 Å². The fourth-order valence-corrected chi connectivity index (χ4v) is 23.0. The number of carbonyl (C=O) groups excluding carboxylic acids is 16. The Bertz CT molecular complexity index is 4430. The minimum absolute atomic E-state index is 0.224. The van der Waals surface area contributed by atoms with Crippen molar-refractivity contribution in [1.29, 1.82) is 0 Å². The lowest BCUT2D eigenvalue weighted by atomic mass is 10.0. The van der Waals surface area contributed by atoms with Crippen molar-refractivity contribution in [3.05, 3.63) is 144 Å².